The van der Waals surface area contributed by atoms with Gasteiger partial charge < -0.3 is 14.7 Å². The summed E-state index contributed by atoms with van der Waals surface area (Å²) >= 11 is 1.60. The SMILES string of the molecule is CCCCCCCCN1C(=CC2=C(OC)C(=Cc3sc4ccccc4[n+]3CCCC(=O)O)C2=O)C(C)(C)c2ccccc21. The van der Waals surface area contributed by atoms with Crippen LogP contribution in [0.25, 0.3) is 16.3 Å². The van der Waals surface area contributed by atoms with Crippen LogP contribution in [0.5, 0.6) is 0 Å². The van der Waals surface area contributed by atoms with E-state index in [1.165, 1.54) is 43.4 Å². The summed E-state index contributed by atoms with van der Waals surface area (Å²) < 4.78 is 9.06. The molecule has 1 aliphatic heterocycles. The highest BCUT2D eigenvalue weighted by molar-refractivity contribution is 7.18. The highest BCUT2D eigenvalue weighted by Crippen LogP contribution is 2.49. The van der Waals surface area contributed by atoms with Crippen molar-refractivity contribution in [1.82, 2.24) is 0 Å². The Hall–Kier alpha value is -3.71. The van der Waals surface area contributed by atoms with E-state index in [1.807, 2.05) is 24.3 Å². The minimum absolute atomic E-state index is 0.0230. The Balaban J connectivity index is 1.48. The zero-order chi connectivity index (χ0) is 30.6. The van der Waals surface area contributed by atoms with Crippen LogP contribution in [-0.2, 0) is 26.3 Å². The van der Waals surface area contributed by atoms with Crippen molar-refractivity contribution in [3.05, 3.63) is 87.8 Å². The number of hydrogen-bond acceptors (Lipinski definition) is 5. The minimum atomic E-state index is -0.806. The second kappa shape index (κ2) is 13.3. The van der Waals surface area contributed by atoms with Crippen molar-refractivity contribution in [2.75, 3.05) is 18.6 Å². The first kappa shape index (κ1) is 30.7. The highest BCUT2D eigenvalue weighted by Gasteiger charge is 2.42. The molecule has 1 N–H and O–H groups in total. The van der Waals surface area contributed by atoms with E-state index in [2.05, 4.69) is 66.6 Å². The van der Waals surface area contributed by atoms with E-state index in [4.69, 9.17) is 4.74 Å². The summed E-state index contributed by atoms with van der Waals surface area (Å²) in [6, 6.07) is 16.7. The van der Waals surface area contributed by atoms with E-state index in [-0.39, 0.29) is 17.6 Å². The number of methoxy groups -OCH3 is 1. The molecule has 43 heavy (non-hydrogen) atoms. The number of carboxylic acids is 1. The average Bonchev–Trinajstić information content (AvgIpc) is 3.45. The number of ether oxygens (including phenoxy) is 1. The molecule has 0 saturated heterocycles. The molecule has 2 heterocycles. The average molecular weight is 600 g/mol. The molecule has 0 radical (unpaired) electrons. The Morgan fingerprint density at radius 2 is 1.72 bits per heavy atom. The zero-order valence-corrected chi connectivity index (χ0v) is 26.6. The fourth-order valence-electron chi connectivity index (χ4n) is 6.35. The molecule has 3 aromatic rings. The Morgan fingerprint density at radius 3 is 2.49 bits per heavy atom. The van der Waals surface area contributed by atoms with Gasteiger partial charge in [0.05, 0.1) is 24.7 Å². The summed E-state index contributed by atoms with van der Waals surface area (Å²) in [5.74, 6) is -0.220. The lowest BCUT2D eigenvalue weighted by Crippen LogP contribution is -2.36. The number of rotatable bonds is 14. The lowest BCUT2D eigenvalue weighted by Gasteiger charge is -2.30. The number of carbonyl (C=O) groups is 2. The fraction of sp³-hybridized carbons (Fsp3) is 0.417. The van der Waals surface area contributed by atoms with Gasteiger partial charge in [-0.3, -0.25) is 9.59 Å². The number of Topliss-reactive ketones (excluding diaryl/α,β-unsaturated/α-hetero) is 1. The maximum absolute atomic E-state index is 13.8. The molecule has 6 nitrogen and oxygen atoms in total. The van der Waals surface area contributed by atoms with Crippen LogP contribution in [0.15, 0.2) is 77.2 Å². The van der Waals surface area contributed by atoms with Crippen molar-refractivity contribution in [3.63, 3.8) is 0 Å². The number of aromatic nitrogens is 1. The standard InChI is InChI=1S/C36H42N2O4S/c1-5-6-7-8-9-14-21-37-28-17-11-10-16-27(28)36(2,3)31(37)23-25-34(41)26(35(25)42-4)24-32-38(22-15-20-33(39)40)29-18-12-13-19-30(29)43-32/h10-13,16-19,23-24H,5-9,14-15,20-22H2,1-4H3/p+1. The Morgan fingerprint density at radius 1 is 1.00 bits per heavy atom. The summed E-state index contributed by atoms with van der Waals surface area (Å²) in [6.45, 7) is 8.20. The Bertz CT molecular complexity index is 1610. The number of para-hydroxylation sites is 2. The lowest BCUT2D eigenvalue weighted by molar-refractivity contribution is -0.669. The third-order valence-corrected chi connectivity index (χ3v) is 9.79. The van der Waals surface area contributed by atoms with Crippen LogP contribution in [-0.4, -0.2) is 30.5 Å². The van der Waals surface area contributed by atoms with Crippen molar-refractivity contribution >= 4 is 45.1 Å². The first-order valence-electron chi connectivity index (χ1n) is 15.5. The molecule has 7 heteroatoms. The fourth-order valence-corrected chi connectivity index (χ4v) is 7.48. The van der Waals surface area contributed by atoms with Crippen LogP contribution in [0.1, 0.15) is 82.7 Å². The van der Waals surface area contributed by atoms with E-state index >= 15 is 0 Å². The number of carbonyl (C=O) groups excluding carboxylic acids is 1. The molecule has 226 valence electrons. The first-order valence-corrected chi connectivity index (χ1v) is 16.4. The molecule has 2 aliphatic rings. The van der Waals surface area contributed by atoms with E-state index < -0.39 is 5.97 Å². The molecule has 0 amide bonds. The van der Waals surface area contributed by atoms with Crippen molar-refractivity contribution in [2.45, 2.75) is 84.1 Å². The number of fused-ring (bicyclic) bond motifs is 2. The van der Waals surface area contributed by atoms with E-state index in [0.717, 1.165) is 33.9 Å². The summed E-state index contributed by atoms with van der Waals surface area (Å²) in [5.41, 5.74) is 5.59. The van der Waals surface area contributed by atoms with Gasteiger partial charge in [-0.1, -0.05) is 94.5 Å². The molecule has 0 atom stereocenters. The third-order valence-electron chi connectivity index (χ3n) is 8.68. The second-order valence-electron chi connectivity index (χ2n) is 12.0. The molecule has 0 bridgehead atoms. The van der Waals surface area contributed by atoms with Crippen LogP contribution in [0.3, 0.4) is 0 Å². The summed E-state index contributed by atoms with van der Waals surface area (Å²) in [5, 5.41) is 10.1. The summed E-state index contributed by atoms with van der Waals surface area (Å²) in [6.07, 6.45) is 12.0. The van der Waals surface area contributed by atoms with Crippen molar-refractivity contribution < 1.29 is 24.0 Å². The van der Waals surface area contributed by atoms with Gasteiger partial charge in [0.1, 0.15) is 10.5 Å². The van der Waals surface area contributed by atoms with E-state index in [1.54, 1.807) is 18.4 Å². The molecular formula is C36H43N2O4S+. The predicted octanol–water partition coefficient (Wildman–Crippen LogP) is 7.96. The number of carboxylic acid groups (broad SMARTS) is 1. The molecule has 5 rings (SSSR count). The van der Waals surface area contributed by atoms with Crippen molar-refractivity contribution in [2.24, 2.45) is 0 Å². The number of aliphatic carboxylic acids is 1. The molecule has 0 unspecified atom stereocenters. The van der Waals surface area contributed by atoms with Gasteiger partial charge in [0.25, 0.3) is 5.01 Å². The molecule has 1 aromatic heterocycles. The maximum atomic E-state index is 13.8. The topological polar surface area (TPSA) is 70.7 Å². The number of nitrogens with zero attached hydrogens (tertiary/aromatic N) is 2. The summed E-state index contributed by atoms with van der Waals surface area (Å²) in [7, 11) is 1.63. The number of hydrogen-bond donors (Lipinski definition) is 1. The quantitative estimate of drug-likeness (QED) is 0.116. The van der Waals surface area contributed by atoms with Crippen molar-refractivity contribution in [3.8, 4) is 0 Å². The van der Waals surface area contributed by atoms with Gasteiger partial charge in [0.2, 0.25) is 11.3 Å². The van der Waals surface area contributed by atoms with Crippen LogP contribution in [0, 0.1) is 0 Å². The van der Waals surface area contributed by atoms with Gasteiger partial charge >= 0.3 is 5.97 Å². The Kier molecular flexibility index (Phi) is 9.50. The Labute approximate surface area is 259 Å². The highest BCUT2D eigenvalue weighted by atomic mass is 32.1. The number of aryl methyl sites for hydroxylation is 1. The molecule has 0 fully saturated rings. The monoisotopic (exact) mass is 599 g/mol. The van der Waals surface area contributed by atoms with Crippen molar-refractivity contribution in [1.29, 1.82) is 0 Å². The molecule has 2 aromatic carbocycles. The van der Waals surface area contributed by atoms with Gasteiger partial charge in [-0.25, -0.2) is 0 Å². The first-order chi connectivity index (χ1) is 20.8. The molecule has 0 spiro atoms. The zero-order valence-electron chi connectivity index (χ0n) is 25.8. The normalized spacial score (nSPS) is 17.7. The number of allylic oxidation sites excluding steroid dienone is 4. The second-order valence-corrected chi connectivity index (χ2v) is 13.0. The number of anilines is 1. The van der Waals surface area contributed by atoms with Gasteiger partial charge in [0, 0.05) is 41.9 Å². The van der Waals surface area contributed by atoms with E-state index in [0.29, 0.717) is 29.9 Å². The lowest BCUT2D eigenvalue weighted by atomic mass is 9.80. The van der Waals surface area contributed by atoms with Crippen LogP contribution < -0.4 is 9.47 Å². The number of benzene rings is 2. The smallest absolute Gasteiger partial charge is 0.303 e. The van der Waals surface area contributed by atoms with Crippen LogP contribution in [0.2, 0.25) is 0 Å². The van der Waals surface area contributed by atoms with Gasteiger partial charge in [-0.15, -0.1) is 0 Å². The van der Waals surface area contributed by atoms with Gasteiger partial charge in [0.15, 0.2) is 6.54 Å². The van der Waals surface area contributed by atoms with Gasteiger partial charge in [-0.2, -0.15) is 4.57 Å². The molecule has 1 aliphatic carbocycles. The molecule has 0 saturated carbocycles. The van der Waals surface area contributed by atoms with E-state index in [9.17, 15) is 14.7 Å². The summed E-state index contributed by atoms with van der Waals surface area (Å²) in [4.78, 5) is 27.3. The predicted molar refractivity (Wildman–Crippen MR) is 174 cm³/mol. The van der Waals surface area contributed by atoms with Gasteiger partial charge in [-0.05, 0) is 30.2 Å². The number of ketones is 1. The largest absolute Gasteiger partial charge is 0.495 e. The third kappa shape index (κ3) is 6.19. The minimum Gasteiger partial charge on any atom is -0.495 e. The maximum Gasteiger partial charge on any atom is 0.303 e. The van der Waals surface area contributed by atoms with Crippen LogP contribution >= 0.6 is 11.3 Å². The molecular weight excluding hydrogens is 556 g/mol. The number of thiazole rings is 1. The van der Waals surface area contributed by atoms with Crippen LogP contribution in [0.4, 0.5) is 5.69 Å². The number of unbranched alkanes of at least 4 members (excludes halogenated alkanes) is 5.